The molecule has 108 valence electrons. The molecule has 0 aliphatic carbocycles. The van der Waals surface area contributed by atoms with E-state index in [2.05, 4.69) is 4.72 Å². The summed E-state index contributed by atoms with van der Waals surface area (Å²) in [6.07, 6.45) is 1.91. The van der Waals surface area contributed by atoms with Gasteiger partial charge in [0.2, 0.25) is 10.0 Å². The molecule has 5 nitrogen and oxygen atoms in total. The number of aliphatic hydroxyl groups is 1. The number of hydrogen-bond donors (Lipinski definition) is 2. The molecule has 1 aromatic carbocycles. The largest absolute Gasteiger partial charge is 0.495 e. The maximum atomic E-state index is 12.3. The van der Waals surface area contributed by atoms with Crippen LogP contribution in [0, 0.1) is 0 Å². The molecule has 0 heterocycles. The van der Waals surface area contributed by atoms with Crippen LogP contribution in [0.2, 0.25) is 0 Å². The summed E-state index contributed by atoms with van der Waals surface area (Å²) in [5.74, 6) is 0.947. The van der Waals surface area contributed by atoms with E-state index >= 15 is 0 Å². The molecule has 2 N–H and O–H groups in total. The van der Waals surface area contributed by atoms with Crippen LogP contribution < -0.4 is 9.46 Å². The third-order valence-electron chi connectivity index (χ3n) is 2.47. The lowest BCUT2D eigenvalue weighted by Crippen LogP contribution is -2.34. The van der Waals surface area contributed by atoms with Crippen molar-refractivity contribution in [3.8, 4) is 5.75 Å². The molecule has 7 heteroatoms. The average Bonchev–Trinajstić information content (AvgIpc) is 2.37. The van der Waals surface area contributed by atoms with Crippen LogP contribution in [-0.2, 0) is 16.6 Å². The van der Waals surface area contributed by atoms with Crippen LogP contribution in [0.1, 0.15) is 12.5 Å². The lowest BCUT2D eigenvalue weighted by molar-refractivity contribution is 0.281. The average molecular weight is 305 g/mol. The zero-order chi connectivity index (χ0) is 14.5. The van der Waals surface area contributed by atoms with E-state index in [-0.39, 0.29) is 23.3 Å². The number of benzene rings is 1. The zero-order valence-corrected chi connectivity index (χ0v) is 12.8. The Kier molecular flexibility index (Phi) is 6.12. The number of thioether (sulfide) groups is 1. The van der Waals surface area contributed by atoms with Gasteiger partial charge in [-0.25, -0.2) is 13.1 Å². The molecule has 19 heavy (non-hydrogen) atoms. The smallest absolute Gasteiger partial charge is 0.244 e. The summed E-state index contributed by atoms with van der Waals surface area (Å²) in [7, 11) is -2.24. The Labute approximate surface area is 118 Å². The van der Waals surface area contributed by atoms with Crippen molar-refractivity contribution in [3.05, 3.63) is 23.8 Å². The number of methoxy groups -OCH3 is 1. The third-order valence-corrected chi connectivity index (χ3v) is 4.92. The van der Waals surface area contributed by atoms with Gasteiger partial charge in [0.15, 0.2) is 0 Å². The highest BCUT2D eigenvalue weighted by Crippen LogP contribution is 2.25. The second-order valence-electron chi connectivity index (χ2n) is 4.12. The van der Waals surface area contributed by atoms with E-state index in [4.69, 9.17) is 9.84 Å². The monoisotopic (exact) mass is 305 g/mol. The molecule has 1 atom stereocenters. The molecular weight excluding hydrogens is 286 g/mol. The van der Waals surface area contributed by atoms with Crippen LogP contribution >= 0.6 is 11.8 Å². The molecule has 1 rings (SSSR count). The Balaban J connectivity index is 3.11. The minimum Gasteiger partial charge on any atom is -0.495 e. The van der Waals surface area contributed by atoms with Crippen molar-refractivity contribution < 1.29 is 18.3 Å². The molecule has 1 aromatic rings. The van der Waals surface area contributed by atoms with E-state index in [9.17, 15) is 8.42 Å². The lowest BCUT2D eigenvalue weighted by Gasteiger charge is -2.15. The Bertz CT molecular complexity index is 516. The summed E-state index contributed by atoms with van der Waals surface area (Å²) < 4.78 is 32.2. The molecule has 0 fully saturated rings. The van der Waals surface area contributed by atoms with Crippen molar-refractivity contribution in [1.29, 1.82) is 0 Å². The van der Waals surface area contributed by atoms with Crippen molar-refractivity contribution in [1.82, 2.24) is 4.72 Å². The number of aliphatic hydroxyl groups excluding tert-OH is 1. The first-order valence-electron chi connectivity index (χ1n) is 5.73. The van der Waals surface area contributed by atoms with Gasteiger partial charge in [0.05, 0.1) is 13.7 Å². The number of nitrogens with one attached hydrogen (secondary N) is 1. The van der Waals surface area contributed by atoms with Gasteiger partial charge in [-0.1, -0.05) is 6.07 Å². The Hall–Kier alpha value is -0.760. The zero-order valence-electron chi connectivity index (χ0n) is 11.2. The number of rotatable bonds is 7. The van der Waals surface area contributed by atoms with Gasteiger partial charge < -0.3 is 9.84 Å². The summed E-state index contributed by atoms with van der Waals surface area (Å²) in [6.45, 7) is 1.59. The first kappa shape index (κ1) is 16.3. The van der Waals surface area contributed by atoms with Gasteiger partial charge in [0.25, 0.3) is 0 Å². The van der Waals surface area contributed by atoms with Crippen LogP contribution in [0.15, 0.2) is 23.1 Å². The van der Waals surface area contributed by atoms with Gasteiger partial charge >= 0.3 is 0 Å². The predicted octanol–water partition coefficient (Wildman–Crippen LogP) is 1.22. The van der Waals surface area contributed by atoms with Crippen LogP contribution in [0.3, 0.4) is 0 Å². The SMILES string of the molecule is COc1ccc(CO)cc1S(=O)(=O)NC(C)CSC. The first-order chi connectivity index (χ1) is 8.94. The van der Waals surface area contributed by atoms with Crippen molar-refractivity contribution in [2.24, 2.45) is 0 Å². The van der Waals surface area contributed by atoms with E-state index in [1.807, 2.05) is 6.26 Å². The Morgan fingerprint density at radius 2 is 2.16 bits per heavy atom. The summed E-state index contributed by atoms with van der Waals surface area (Å²) in [5, 5.41) is 9.10. The minimum atomic E-state index is -3.66. The summed E-state index contributed by atoms with van der Waals surface area (Å²) in [6, 6.07) is 4.41. The highest BCUT2D eigenvalue weighted by atomic mass is 32.2. The van der Waals surface area contributed by atoms with Gasteiger partial charge in [0.1, 0.15) is 10.6 Å². The maximum Gasteiger partial charge on any atom is 0.244 e. The molecule has 1 unspecified atom stereocenters. The summed E-state index contributed by atoms with van der Waals surface area (Å²) in [4.78, 5) is 0.0505. The Morgan fingerprint density at radius 1 is 1.47 bits per heavy atom. The van der Waals surface area contributed by atoms with Gasteiger partial charge in [0, 0.05) is 11.8 Å². The third kappa shape index (κ3) is 4.38. The Morgan fingerprint density at radius 3 is 2.68 bits per heavy atom. The van der Waals surface area contributed by atoms with E-state index in [0.29, 0.717) is 11.3 Å². The fourth-order valence-corrected chi connectivity index (χ4v) is 3.79. The highest BCUT2D eigenvalue weighted by Gasteiger charge is 2.22. The van der Waals surface area contributed by atoms with Crippen molar-refractivity contribution >= 4 is 21.8 Å². The van der Waals surface area contributed by atoms with E-state index in [1.54, 1.807) is 30.8 Å². The molecule has 0 aromatic heterocycles. The van der Waals surface area contributed by atoms with Gasteiger partial charge in [-0.3, -0.25) is 0 Å². The second-order valence-corrected chi connectivity index (χ2v) is 6.71. The van der Waals surface area contributed by atoms with Gasteiger partial charge in [-0.05, 0) is 30.9 Å². The molecule has 0 saturated carbocycles. The fraction of sp³-hybridized carbons (Fsp3) is 0.500. The van der Waals surface area contributed by atoms with Gasteiger partial charge in [-0.2, -0.15) is 11.8 Å². The van der Waals surface area contributed by atoms with E-state index in [1.165, 1.54) is 13.2 Å². The number of sulfonamides is 1. The van der Waals surface area contributed by atoms with Crippen LogP contribution in [0.5, 0.6) is 5.75 Å². The number of ether oxygens (including phenoxy) is 1. The van der Waals surface area contributed by atoms with Crippen molar-refractivity contribution in [2.75, 3.05) is 19.1 Å². The predicted molar refractivity (Wildman–Crippen MR) is 77.1 cm³/mol. The van der Waals surface area contributed by atoms with Crippen molar-refractivity contribution in [2.45, 2.75) is 24.5 Å². The molecule has 0 bridgehead atoms. The first-order valence-corrected chi connectivity index (χ1v) is 8.61. The summed E-state index contributed by atoms with van der Waals surface area (Å²) in [5.41, 5.74) is 0.527. The normalized spacial score (nSPS) is 13.3. The van der Waals surface area contributed by atoms with Crippen LogP contribution in [-0.4, -0.2) is 38.7 Å². The molecule has 0 aliphatic rings. The van der Waals surface area contributed by atoms with Gasteiger partial charge in [-0.15, -0.1) is 0 Å². The molecular formula is C12H19NO4S2. The molecule has 0 aliphatic heterocycles. The fourth-order valence-electron chi connectivity index (χ4n) is 1.64. The topological polar surface area (TPSA) is 75.6 Å². The quantitative estimate of drug-likeness (QED) is 0.792. The van der Waals surface area contributed by atoms with E-state index < -0.39 is 10.0 Å². The molecule has 0 saturated heterocycles. The minimum absolute atomic E-state index is 0.0505. The molecule has 0 radical (unpaired) electrons. The second kappa shape index (κ2) is 7.14. The van der Waals surface area contributed by atoms with Crippen molar-refractivity contribution in [3.63, 3.8) is 0 Å². The highest BCUT2D eigenvalue weighted by molar-refractivity contribution is 7.98. The van der Waals surface area contributed by atoms with E-state index in [0.717, 1.165) is 0 Å². The summed E-state index contributed by atoms with van der Waals surface area (Å²) >= 11 is 1.57. The van der Waals surface area contributed by atoms with Crippen LogP contribution in [0.25, 0.3) is 0 Å². The lowest BCUT2D eigenvalue weighted by atomic mass is 10.2. The van der Waals surface area contributed by atoms with Crippen LogP contribution in [0.4, 0.5) is 0 Å². The standard InChI is InChI=1S/C12H19NO4S2/c1-9(8-18-3)13-19(15,16)12-6-10(7-14)4-5-11(12)17-2/h4-6,9,13-14H,7-8H2,1-3H3. The number of hydrogen-bond acceptors (Lipinski definition) is 5. The molecule has 0 spiro atoms. The maximum absolute atomic E-state index is 12.3. The molecule has 0 amide bonds.